The minimum absolute atomic E-state index is 0.0633. The standard InChI is InChI=1S/C18H21N3O3.C18H21N3O2S/c2*1-21-9-7-13(8-10-21)17(22)14-4-2-5-15(12-14)19-18(23)20-16-6-3-11-24-16/h2*2-6,11-13H,7-10H2,1H3,(H2,19,20,23). The Morgan fingerprint density at radius 3 is 1.62 bits per heavy atom. The zero-order valence-corrected chi connectivity index (χ0v) is 28.1. The van der Waals surface area contributed by atoms with Gasteiger partial charge in [-0.15, -0.1) is 11.3 Å². The molecule has 2 aliphatic heterocycles. The van der Waals surface area contributed by atoms with Crippen LogP contribution in [0.3, 0.4) is 0 Å². The van der Waals surface area contributed by atoms with Crippen LogP contribution in [0.25, 0.3) is 0 Å². The van der Waals surface area contributed by atoms with Gasteiger partial charge in [0, 0.05) is 40.4 Å². The maximum atomic E-state index is 12.7. The molecule has 0 spiro atoms. The smallest absolute Gasteiger partial charge is 0.326 e. The first kappa shape index (κ1) is 34.6. The maximum absolute atomic E-state index is 12.7. The van der Waals surface area contributed by atoms with Crippen LogP contribution in [0.2, 0.25) is 0 Å². The van der Waals surface area contributed by atoms with E-state index < -0.39 is 6.03 Å². The Morgan fingerprint density at radius 1 is 0.646 bits per heavy atom. The van der Waals surface area contributed by atoms with Gasteiger partial charge in [0.2, 0.25) is 5.88 Å². The number of Topliss-reactive ketones (excluding diaryl/α,β-unsaturated/α-hetero) is 2. The predicted molar refractivity (Wildman–Crippen MR) is 190 cm³/mol. The van der Waals surface area contributed by atoms with E-state index in [-0.39, 0.29) is 29.4 Å². The van der Waals surface area contributed by atoms with Gasteiger partial charge in [-0.25, -0.2) is 9.59 Å². The number of piperidine rings is 2. The number of likely N-dealkylation sites (tertiary alicyclic amines) is 2. The minimum Gasteiger partial charge on any atom is -0.449 e. The van der Waals surface area contributed by atoms with Crippen molar-refractivity contribution in [3.8, 4) is 0 Å². The van der Waals surface area contributed by atoms with E-state index in [1.54, 1.807) is 48.5 Å². The zero-order valence-electron chi connectivity index (χ0n) is 27.2. The predicted octanol–water partition coefficient (Wildman–Crippen LogP) is 7.36. The van der Waals surface area contributed by atoms with Crippen molar-refractivity contribution in [2.45, 2.75) is 25.7 Å². The van der Waals surface area contributed by atoms with E-state index in [4.69, 9.17) is 4.42 Å². The van der Waals surface area contributed by atoms with Crippen molar-refractivity contribution >= 4 is 57.2 Å². The van der Waals surface area contributed by atoms with Crippen molar-refractivity contribution < 1.29 is 23.6 Å². The number of amides is 4. The van der Waals surface area contributed by atoms with Gasteiger partial charge in [-0.3, -0.25) is 20.2 Å². The number of furan rings is 1. The Balaban J connectivity index is 0.000000188. The van der Waals surface area contributed by atoms with Gasteiger partial charge in [-0.05, 0) is 114 Å². The highest BCUT2D eigenvalue weighted by Crippen LogP contribution is 2.24. The molecule has 0 unspecified atom stereocenters. The number of carbonyl (C=O) groups is 4. The lowest BCUT2D eigenvalue weighted by molar-refractivity contribution is 0.0850. The molecular formula is C36H42N6O5S. The van der Waals surface area contributed by atoms with Gasteiger partial charge in [0.25, 0.3) is 0 Å². The molecule has 2 aromatic carbocycles. The molecule has 12 heteroatoms. The lowest BCUT2D eigenvalue weighted by Gasteiger charge is -2.28. The monoisotopic (exact) mass is 670 g/mol. The Bertz CT molecular complexity index is 1540. The second-order valence-electron chi connectivity index (χ2n) is 12.2. The largest absolute Gasteiger partial charge is 0.449 e. The van der Waals surface area contributed by atoms with Crippen molar-refractivity contribution in [2.24, 2.45) is 11.8 Å². The second kappa shape index (κ2) is 16.9. The van der Waals surface area contributed by atoms with Crippen LogP contribution in [-0.2, 0) is 0 Å². The number of thiophene rings is 1. The average Bonchev–Trinajstić information content (AvgIpc) is 3.80. The molecule has 4 aromatic rings. The molecular weight excluding hydrogens is 629 g/mol. The van der Waals surface area contributed by atoms with Crippen molar-refractivity contribution in [1.29, 1.82) is 0 Å². The molecule has 4 amide bonds. The molecule has 0 radical (unpaired) electrons. The number of carbonyl (C=O) groups excluding carboxylic acids is 4. The lowest BCUT2D eigenvalue weighted by Crippen LogP contribution is -2.33. The number of urea groups is 2. The summed E-state index contributed by atoms with van der Waals surface area (Å²) in [6.07, 6.45) is 5.03. The van der Waals surface area contributed by atoms with Crippen molar-refractivity contribution in [2.75, 3.05) is 61.5 Å². The minimum atomic E-state index is -0.408. The normalized spacial score (nSPS) is 15.9. The number of nitrogens with zero attached hydrogens (tertiary/aromatic N) is 2. The fourth-order valence-electron chi connectivity index (χ4n) is 5.76. The van der Waals surface area contributed by atoms with Gasteiger partial charge >= 0.3 is 12.1 Å². The number of rotatable bonds is 8. The second-order valence-corrected chi connectivity index (χ2v) is 13.1. The molecule has 0 atom stereocenters. The van der Waals surface area contributed by atoms with Crippen LogP contribution in [0.15, 0.2) is 88.9 Å². The van der Waals surface area contributed by atoms with E-state index in [1.807, 2.05) is 29.6 Å². The molecule has 4 N–H and O–H groups in total. The van der Waals surface area contributed by atoms with Gasteiger partial charge < -0.3 is 24.9 Å². The average molecular weight is 671 g/mol. The Kier molecular flexibility index (Phi) is 12.1. The summed E-state index contributed by atoms with van der Waals surface area (Å²) in [5.41, 5.74) is 2.51. The van der Waals surface area contributed by atoms with E-state index in [1.165, 1.54) is 17.6 Å². The summed E-state index contributed by atoms with van der Waals surface area (Å²) in [4.78, 5) is 53.7. The van der Waals surface area contributed by atoms with Crippen molar-refractivity contribution in [3.63, 3.8) is 0 Å². The third kappa shape index (κ3) is 10.1. The third-order valence-corrected chi connectivity index (χ3v) is 9.29. The Hall–Kier alpha value is -4.78. The molecule has 252 valence electrons. The SMILES string of the molecule is CN1CCC(C(=O)c2cccc(NC(=O)Nc3ccco3)c2)CC1.CN1CCC(C(=O)c2cccc(NC(=O)Nc3cccs3)c2)CC1. The highest BCUT2D eigenvalue weighted by Gasteiger charge is 2.25. The molecule has 0 bridgehead atoms. The quantitative estimate of drug-likeness (QED) is 0.144. The summed E-state index contributed by atoms with van der Waals surface area (Å²) >= 11 is 1.46. The molecule has 11 nitrogen and oxygen atoms in total. The van der Waals surface area contributed by atoms with E-state index >= 15 is 0 Å². The molecule has 6 rings (SSSR count). The van der Waals surface area contributed by atoms with Crippen LogP contribution in [0.1, 0.15) is 46.4 Å². The first-order valence-corrected chi connectivity index (χ1v) is 17.0. The number of nitrogens with one attached hydrogen (secondary N) is 4. The number of hydrogen-bond donors (Lipinski definition) is 4. The number of ketones is 2. The topological polar surface area (TPSA) is 136 Å². The highest BCUT2D eigenvalue weighted by atomic mass is 32.1. The van der Waals surface area contributed by atoms with E-state index in [0.717, 1.165) is 56.9 Å². The lowest BCUT2D eigenvalue weighted by atomic mass is 9.89. The van der Waals surface area contributed by atoms with Gasteiger partial charge in [-0.2, -0.15) is 0 Å². The Labute approximate surface area is 284 Å². The molecule has 2 aromatic heterocycles. The van der Waals surface area contributed by atoms with E-state index in [9.17, 15) is 19.2 Å². The third-order valence-electron chi connectivity index (χ3n) is 8.50. The number of benzene rings is 2. The fraction of sp³-hybridized carbons (Fsp3) is 0.333. The van der Waals surface area contributed by atoms with Gasteiger partial charge in [0.05, 0.1) is 11.3 Å². The first-order chi connectivity index (χ1) is 23.2. The van der Waals surface area contributed by atoms with Crippen LogP contribution in [0, 0.1) is 11.8 Å². The van der Waals surface area contributed by atoms with Crippen LogP contribution in [0.4, 0.5) is 31.8 Å². The summed E-state index contributed by atoms with van der Waals surface area (Å²) in [6.45, 7) is 3.80. The van der Waals surface area contributed by atoms with Gasteiger partial charge in [0.15, 0.2) is 11.6 Å². The van der Waals surface area contributed by atoms with Crippen molar-refractivity contribution in [3.05, 3.63) is 95.6 Å². The molecule has 4 heterocycles. The van der Waals surface area contributed by atoms with Crippen LogP contribution in [-0.4, -0.2) is 73.7 Å². The number of hydrogen-bond acceptors (Lipinski definition) is 8. The summed E-state index contributed by atoms with van der Waals surface area (Å²) in [7, 11) is 4.15. The summed E-state index contributed by atoms with van der Waals surface area (Å²) < 4.78 is 5.06. The van der Waals surface area contributed by atoms with Crippen molar-refractivity contribution in [1.82, 2.24) is 9.80 Å². The molecule has 0 aliphatic carbocycles. The molecule has 2 saturated heterocycles. The summed E-state index contributed by atoms with van der Waals surface area (Å²) in [5.74, 6) is 0.833. The van der Waals surface area contributed by atoms with E-state index in [2.05, 4.69) is 45.2 Å². The molecule has 48 heavy (non-hydrogen) atoms. The summed E-state index contributed by atoms with van der Waals surface area (Å²) in [6, 6.07) is 20.6. The fourth-order valence-corrected chi connectivity index (χ4v) is 6.37. The zero-order chi connectivity index (χ0) is 33.9. The highest BCUT2D eigenvalue weighted by molar-refractivity contribution is 7.14. The van der Waals surface area contributed by atoms with Crippen LogP contribution >= 0.6 is 11.3 Å². The molecule has 0 saturated carbocycles. The van der Waals surface area contributed by atoms with E-state index in [0.29, 0.717) is 28.4 Å². The first-order valence-electron chi connectivity index (χ1n) is 16.1. The van der Waals surface area contributed by atoms with Gasteiger partial charge in [0.1, 0.15) is 0 Å². The summed E-state index contributed by atoms with van der Waals surface area (Å²) in [5, 5.41) is 13.5. The molecule has 2 fully saturated rings. The van der Waals surface area contributed by atoms with Gasteiger partial charge in [-0.1, -0.05) is 24.3 Å². The number of anilines is 4. The Morgan fingerprint density at radius 2 is 1.17 bits per heavy atom. The maximum Gasteiger partial charge on any atom is 0.326 e. The molecule has 2 aliphatic rings. The van der Waals surface area contributed by atoms with Crippen LogP contribution in [0.5, 0.6) is 0 Å². The van der Waals surface area contributed by atoms with Crippen LogP contribution < -0.4 is 21.3 Å².